The second kappa shape index (κ2) is 12.4. The van der Waals surface area contributed by atoms with Gasteiger partial charge in [0.05, 0.1) is 38.2 Å². The Bertz CT molecular complexity index is 1540. The minimum Gasteiger partial charge on any atom is -0.490 e. The molecule has 4 aromatic rings. The van der Waals surface area contributed by atoms with E-state index in [1.165, 1.54) is 4.68 Å². The zero-order valence-electron chi connectivity index (χ0n) is 20.1. The molecule has 4 rings (SSSR count). The smallest absolute Gasteiger partial charge is 0.282 e. The average Bonchev–Trinajstić information content (AvgIpc) is 2.86. The van der Waals surface area contributed by atoms with E-state index >= 15 is 0 Å². The van der Waals surface area contributed by atoms with Crippen molar-refractivity contribution < 1.29 is 9.47 Å². The molecule has 0 aliphatic rings. The van der Waals surface area contributed by atoms with Gasteiger partial charge in [-0.2, -0.15) is 9.78 Å². The van der Waals surface area contributed by atoms with Crippen LogP contribution in [0.1, 0.15) is 37.2 Å². The number of halogens is 4. The molecule has 0 amide bonds. The monoisotopic (exact) mass is 665 g/mol. The van der Waals surface area contributed by atoms with Gasteiger partial charge in [0.15, 0.2) is 11.5 Å². The highest BCUT2D eigenvalue weighted by Gasteiger charge is 2.14. The molecule has 0 N–H and O–H groups in total. The highest BCUT2D eigenvalue weighted by atomic mass is 79.9. The molecule has 0 aliphatic heterocycles. The molecule has 0 radical (unpaired) electrons. The first-order chi connectivity index (χ1) is 17.8. The molecule has 0 spiro atoms. The van der Waals surface area contributed by atoms with Gasteiger partial charge in [-0.15, -0.1) is 0 Å². The van der Waals surface area contributed by atoms with E-state index in [-0.39, 0.29) is 12.2 Å². The van der Waals surface area contributed by atoms with Crippen LogP contribution in [0.3, 0.4) is 0 Å². The summed E-state index contributed by atoms with van der Waals surface area (Å²) in [5.74, 6) is 1.69. The van der Waals surface area contributed by atoms with Crippen LogP contribution in [-0.4, -0.2) is 22.5 Å². The lowest BCUT2D eigenvalue weighted by Crippen LogP contribution is -2.22. The van der Waals surface area contributed by atoms with Crippen molar-refractivity contribution >= 4 is 72.2 Å². The Hall–Kier alpha value is -2.39. The van der Waals surface area contributed by atoms with Crippen LogP contribution < -0.4 is 15.0 Å². The van der Waals surface area contributed by atoms with Crippen molar-refractivity contribution in [2.75, 3.05) is 6.61 Å². The van der Waals surface area contributed by atoms with Crippen molar-refractivity contribution in [3.05, 3.63) is 94.8 Å². The molecule has 0 atom stereocenters. The van der Waals surface area contributed by atoms with E-state index in [0.29, 0.717) is 55.8 Å². The van der Waals surface area contributed by atoms with Crippen LogP contribution in [0, 0.1) is 0 Å². The largest absolute Gasteiger partial charge is 0.490 e. The van der Waals surface area contributed by atoms with Crippen LogP contribution in [0.15, 0.2) is 67.4 Å². The Balaban J connectivity index is 1.68. The zero-order valence-corrected chi connectivity index (χ0v) is 24.8. The first kappa shape index (κ1) is 27.6. The minimum absolute atomic E-state index is 0.225. The maximum atomic E-state index is 13.3. The lowest BCUT2D eigenvalue weighted by Gasteiger charge is -2.15. The predicted molar refractivity (Wildman–Crippen MR) is 157 cm³/mol. The summed E-state index contributed by atoms with van der Waals surface area (Å²) in [6, 6.07) is 14.5. The van der Waals surface area contributed by atoms with Gasteiger partial charge >= 0.3 is 0 Å². The highest BCUT2D eigenvalue weighted by molar-refractivity contribution is 9.10. The third-order valence-corrected chi connectivity index (χ3v) is 7.19. The van der Waals surface area contributed by atoms with Gasteiger partial charge in [-0.1, -0.05) is 52.1 Å². The fourth-order valence-corrected chi connectivity index (χ4v) is 4.93. The number of aromatic nitrogens is 2. The number of benzene rings is 3. The van der Waals surface area contributed by atoms with Gasteiger partial charge in [-0.25, -0.2) is 4.98 Å². The summed E-state index contributed by atoms with van der Waals surface area (Å²) in [5, 5.41) is 5.96. The quantitative estimate of drug-likeness (QED) is 0.170. The minimum atomic E-state index is -0.225. The van der Waals surface area contributed by atoms with Crippen LogP contribution in [-0.2, 0) is 13.0 Å². The summed E-state index contributed by atoms with van der Waals surface area (Å²) in [6.45, 7) is 4.65. The number of ether oxygens (including phenoxy) is 2. The third-order valence-electron chi connectivity index (χ3n) is 5.37. The molecule has 0 saturated carbocycles. The summed E-state index contributed by atoms with van der Waals surface area (Å²) in [6.07, 6.45) is 3.06. The van der Waals surface area contributed by atoms with Crippen molar-refractivity contribution in [2.24, 2.45) is 5.10 Å². The molecule has 192 valence electrons. The summed E-state index contributed by atoms with van der Waals surface area (Å²) >= 11 is 19.2. The van der Waals surface area contributed by atoms with Crippen molar-refractivity contribution in [3.8, 4) is 11.5 Å². The molecule has 3 aromatic carbocycles. The molecule has 37 heavy (non-hydrogen) atoms. The summed E-state index contributed by atoms with van der Waals surface area (Å²) in [7, 11) is 0. The van der Waals surface area contributed by atoms with Gasteiger partial charge in [0.1, 0.15) is 12.4 Å². The SMILES string of the molecule is CCCc1nc2ccc(Br)cc2c(=O)n1N=Cc1cc(Br)c(OCc2ccc(Cl)c(Cl)c2)c(OCC)c1. The van der Waals surface area contributed by atoms with Gasteiger partial charge in [-0.3, -0.25) is 4.79 Å². The molecule has 0 bridgehead atoms. The van der Waals surface area contributed by atoms with E-state index < -0.39 is 0 Å². The normalized spacial score (nSPS) is 11.4. The van der Waals surface area contributed by atoms with Gasteiger partial charge in [-0.05, 0) is 82.9 Å². The van der Waals surface area contributed by atoms with Crippen LogP contribution in [0.25, 0.3) is 10.9 Å². The second-order valence-corrected chi connectivity index (χ2v) is 10.7. The third kappa shape index (κ3) is 6.55. The van der Waals surface area contributed by atoms with Crippen LogP contribution >= 0.6 is 55.1 Å². The van der Waals surface area contributed by atoms with Gasteiger partial charge in [0.2, 0.25) is 0 Å². The second-order valence-electron chi connectivity index (χ2n) is 8.10. The fraction of sp³-hybridized carbons (Fsp3) is 0.222. The van der Waals surface area contributed by atoms with E-state index in [1.54, 1.807) is 24.4 Å². The van der Waals surface area contributed by atoms with E-state index in [0.717, 1.165) is 22.0 Å². The van der Waals surface area contributed by atoms with Crippen molar-refractivity contribution in [3.63, 3.8) is 0 Å². The Morgan fingerprint density at radius 2 is 1.84 bits per heavy atom. The van der Waals surface area contributed by atoms with E-state index in [9.17, 15) is 4.79 Å². The summed E-state index contributed by atoms with van der Waals surface area (Å²) in [5.41, 5.74) is 2.01. The maximum absolute atomic E-state index is 13.3. The molecule has 6 nitrogen and oxygen atoms in total. The van der Waals surface area contributed by atoms with Crippen molar-refractivity contribution in [1.29, 1.82) is 0 Å². The van der Waals surface area contributed by atoms with E-state index in [2.05, 4.69) is 41.9 Å². The average molecular weight is 668 g/mol. The zero-order chi connectivity index (χ0) is 26.5. The standard InChI is InChI=1S/C27H23Br2Cl2N3O3/c1-3-5-25-33-23-9-7-18(28)13-19(23)27(35)34(25)32-14-17-10-20(29)26(24(12-17)36-4-2)37-15-16-6-8-21(30)22(31)11-16/h6-14H,3-5,15H2,1-2H3. The lowest BCUT2D eigenvalue weighted by molar-refractivity contribution is 0.267. The highest BCUT2D eigenvalue weighted by Crippen LogP contribution is 2.37. The molecule has 0 saturated heterocycles. The first-order valence-electron chi connectivity index (χ1n) is 11.6. The molecular weight excluding hydrogens is 645 g/mol. The van der Waals surface area contributed by atoms with Crippen molar-refractivity contribution in [1.82, 2.24) is 9.66 Å². The fourth-order valence-electron chi connectivity index (χ4n) is 3.67. The van der Waals surface area contributed by atoms with Gasteiger partial charge in [0, 0.05) is 10.9 Å². The van der Waals surface area contributed by atoms with Gasteiger partial charge in [0.25, 0.3) is 5.56 Å². The molecule has 0 aliphatic carbocycles. The Labute approximate surface area is 241 Å². The predicted octanol–water partition coefficient (Wildman–Crippen LogP) is 8.04. The molecule has 0 fully saturated rings. The molecule has 1 aromatic heterocycles. The first-order valence-corrected chi connectivity index (χ1v) is 13.9. The number of hydrogen-bond donors (Lipinski definition) is 0. The van der Waals surface area contributed by atoms with Crippen LogP contribution in [0.5, 0.6) is 11.5 Å². The van der Waals surface area contributed by atoms with Crippen molar-refractivity contribution in [2.45, 2.75) is 33.3 Å². The topological polar surface area (TPSA) is 65.7 Å². The number of fused-ring (bicyclic) bond motifs is 1. The Morgan fingerprint density at radius 3 is 2.57 bits per heavy atom. The summed E-state index contributed by atoms with van der Waals surface area (Å²) in [4.78, 5) is 17.9. The lowest BCUT2D eigenvalue weighted by atomic mass is 10.2. The van der Waals surface area contributed by atoms with Crippen LogP contribution in [0.2, 0.25) is 10.0 Å². The number of hydrogen-bond acceptors (Lipinski definition) is 5. The molecule has 10 heteroatoms. The number of nitrogens with zero attached hydrogens (tertiary/aromatic N) is 3. The Kier molecular flexibility index (Phi) is 9.29. The maximum Gasteiger partial charge on any atom is 0.282 e. The number of rotatable bonds is 9. The van der Waals surface area contributed by atoms with E-state index in [4.69, 9.17) is 32.7 Å². The van der Waals surface area contributed by atoms with Gasteiger partial charge < -0.3 is 9.47 Å². The molecular formula is C27H23Br2Cl2N3O3. The number of aryl methyl sites for hydroxylation is 1. The van der Waals surface area contributed by atoms with E-state index in [1.807, 2.05) is 44.2 Å². The molecule has 1 heterocycles. The molecule has 0 unspecified atom stereocenters. The Morgan fingerprint density at radius 1 is 1.03 bits per heavy atom. The van der Waals surface area contributed by atoms with Crippen LogP contribution in [0.4, 0.5) is 0 Å². The summed E-state index contributed by atoms with van der Waals surface area (Å²) < 4.78 is 14.8.